The lowest BCUT2D eigenvalue weighted by Gasteiger charge is -2.28. The Morgan fingerprint density at radius 2 is 1.95 bits per heavy atom. The molecular weight excluding hydrogens is 278 g/mol. The molecule has 0 unspecified atom stereocenters. The maximum Gasteiger partial charge on any atom is 0.274 e. The summed E-state index contributed by atoms with van der Waals surface area (Å²) in [6, 6.07) is 1.69. The number of halogens is 1. The highest BCUT2D eigenvalue weighted by Gasteiger charge is 2.33. The number of hydrogen-bond acceptors (Lipinski definition) is 3. The number of aryl methyl sites for hydroxylation is 2. The van der Waals surface area contributed by atoms with Crippen LogP contribution in [0.3, 0.4) is 0 Å². The molecule has 5 nitrogen and oxygen atoms in total. The Hall–Kier alpha value is -1.33. The molecule has 0 aliphatic carbocycles. The fourth-order valence-electron chi connectivity index (χ4n) is 2.18. The number of carbonyl (C=O) groups is 1. The van der Waals surface area contributed by atoms with E-state index in [1.165, 1.54) is 4.57 Å². The summed E-state index contributed by atoms with van der Waals surface area (Å²) >= 11 is 0. The molecule has 0 aliphatic heterocycles. The zero-order valence-electron chi connectivity index (χ0n) is 12.5. The second-order valence-corrected chi connectivity index (χ2v) is 4.99. The third-order valence-corrected chi connectivity index (χ3v) is 3.79. The van der Waals surface area contributed by atoms with E-state index in [-0.39, 0.29) is 30.4 Å². The highest BCUT2D eigenvalue weighted by molar-refractivity contribution is 5.95. The summed E-state index contributed by atoms with van der Waals surface area (Å²) in [6.45, 7) is 6.03. The zero-order chi connectivity index (χ0) is 14.6. The molecule has 0 fully saturated rings. The Kier molecular flexibility index (Phi) is 6.96. The first-order valence-corrected chi connectivity index (χ1v) is 6.59. The van der Waals surface area contributed by atoms with Crippen LogP contribution in [0.15, 0.2) is 17.1 Å². The SMILES string of the molecule is CCC(CC)(CN)C(=O)Nc1cc(C)cn(C)c1=O.Cl. The van der Waals surface area contributed by atoms with Crippen molar-refractivity contribution in [2.45, 2.75) is 33.6 Å². The number of nitrogens with zero attached hydrogens (tertiary/aromatic N) is 1. The van der Waals surface area contributed by atoms with Crippen molar-refractivity contribution >= 4 is 24.0 Å². The Morgan fingerprint density at radius 1 is 1.40 bits per heavy atom. The van der Waals surface area contributed by atoms with Crippen LogP contribution < -0.4 is 16.6 Å². The number of amides is 1. The van der Waals surface area contributed by atoms with Crippen LogP contribution in [0.25, 0.3) is 0 Å². The van der Waals surface area contributed by atoms with Gasteiger partial charge in [0.25, 0.3) is 5.56 Å². The molecule has 1 rings (SSSR count). The highest BCUT2D eigenvalue weighted by Crippen LogP contribution is 2.26. The van der Waals surface area contributed by atoms with Gasteiger partial charge in [0, 0.05) is 19.8 Å². The summed E-state index contributed by atoms with van der Waals surface area (Å²) in [5.41, 5.74) is 6.16. The number of nitrogens with one attached hydrogen (secondary N) is 1. The predicted molar refractivity (Wildman–Crippen MR) is 84.4 cm³/mol. The van der Waals surface area contributed by atoms with E-state index in [9.17, 15) is 9.59 Å². The lowest BCUT2D eigenvalue weighted by molar-refractivity contribution is -0.125. The molecule has 0 spiro atoms. The van der Waals surface area contributed by atoms with Gasteiger partial charge in [0.05, 0.1) is 5.41 Å². The summed E-state index contributed by atoms with van der Waals surface area (Å²) in [7, 11) is 1.67. The fraction of sp³-hybridized carbons (Fsp3) is 0.571. The van der Waals surface area contributed by atoms with Crippen LogP contribution in [0.2, 0.25) is 0 Å². The van der Waals surface area contributed by atoms with Crippen molar-refractivity contribution in [1.82, 2.24) is 4.57 Å². The van der Waals surface area contributed by atoms with E-state index in [1.54, 1.807) is 19.3 Å². The molecule has 0 atom stereocenters. The van der Waals surface area contributed by atoms with Crippen LogP contribution in [-0.4, -0.2) is 17.0 Å². The number of aromatic nitrogens is 1. The number of hydrogen-bond donors (Lipinski definition) is 2. The molecule has 114 valence electrons. The van der Waals surface area contributed by atoms with Crippen molar-refractivity contribution in [3.63, 3.8) is 0 Å². The van der Waals surface area contributed by atoms with Gasteiger partial charge in [0.2, 0.25) is 5.91 Å². The average molecular weight is 302 g/mol. The van der Waals surface area contributed by atoms with E-state index in [2.05, 4.69) is 5.32 Å². The minimum atomic E-state index is -0.602. The second kappa shape index (κ2) is 7.45. The van der Waals surface area contributed by atoms with Gasteiger partial charge in [-0.15, -0.1) is 12.4 Å². The van der Waals surface area contributed by atoms with Gasteiger partial charge < -0.3 is 15.6 Å². The fourth-order valence-corrected chi connectivity index (χ4v) is 2.18. The molecule has 1 aromatic heterocycles. The number of rotatable bonds is 5. The van der Waals surface area contributed by atoms with Crippen molar-refractivity contribution in [2.24, 2.45) is 18.2 Å². The standard InChI is InChI=1S/C14H23N3O2.ClH/c1-5-14(6-2,9-15)13(19)16-11-7-10(3)8-17(4)12(11)18;/h7-8H,5-6,9,15H2,1-4H3,(H,16,19);1H. The lowest BCUT2D eigenvalue weighted by atomic mass is 9.81. The van der Waals surface area contributed by atoms with E-state index < -0.39 is 5.41 Å². The van der Waals surface area contributed by atoms with Crippen molar-refractivity contribution < 1.29 is 4.79 Å². The van der Waals surface area contributed by atoms with Gasteiger partial charge in [0.1, 0.15) is 5.69 Å². The Bertz CT molecular complexity index is 513. The third-order valence-electron chi connectivity index (χ3n) is 3.79. The largest absolute Gasteiger partial charge is 0.329 e. The van der Waals surface area contributed by atoms with Gasteiger partial charge in [-0.25, -0.2) is 0 Å². The maximum absolute atomic E-state index is 12.4. The predicted octanol–water partition coefficient (Wildman–Crippen LogP) is 1.82. The van der Waals surface area contributed by atoms with E-state index in [0.29, 0.717) is 18.5 Å². The minimum absolute atomic E-state index is 0. The van der Waals surface area contributed by atoms with Crippen LogP contribution in [0.1, 0.15) is 32.3 Å². The van der Waals surface area contributed by atoms with E-state index in [4.69, 9.17) is 5.73 Å². The maximum atomic E-state index is 12.4. The van der Waals surface area contributed by atoms with Crippen molar-refractivity contribution in [3.05, 3.63) is 28.2 Å². The van der Waals surface area contributed by atoms with Gasteiger partial charge in [-0.05, 0) is 31.4 Å². The molecule has 1 amide bonds. The molecule has 0 bridgehead atoms. The summed E-state index contributed by atoms with van der Waals surface area (Å²) in [5.74, 6) is -0.178. The van der Waals surface area contributed by atoms with Gasteiger partial charge >= 0.3 is 0 Å². The van der Waals surface area contributed by atoms with Crippen molar-refractivity contribution in [1.29, 1.82) is 0 Å². The second-order valence-electron chi connectivity index (χ2n) is 4.99. The van der Waals surface area contributed by atoms with Crippen molar-refractivity contribution in [3.8, 4) is 0 Å². The molecular formula is C14H24ClN3O2. The van der Waals surface area contributed by atoms with E-state index >= 15 is 0 Å². The zero-order valence-corrected chi connectivity index (χ0v) is 13.3. The molecule has 0 aromatic carbocycles. The van der Waals surface area contributed by atoms with Crippen LogP contribution in [0, 0.1) is 12.3 Å². The third kappa shape index (κ3) is 3.61. The first-order valence-electron chi connectivity index (χ1n) is 6.59. The smallest absolute Gasteiger partial charge is 0.274 e. The summed E-state index contributed by atoms with van der Waals surface area (Å²) in [4.78, 5) is 24.3. The molecule has 0 radical (unpaired) electrons. The van der Waals surface area contributed by atoms with Gasteiger partial charge in [-0.2, -0.15) is 0 Å². The monoisotopic (exact) mass is 301 g/mol. The van der Waals surface area contributed by atoms with Gasteiger partial charge in [-0.1, -0.05) is 13.8 Å². The first kappa shape index (κ1) is 18.7. The Morgan fingerprint density at radius 3 is 2.40 bits per heavy atom. The lowest BCUT2D eigenvalue weighted by Crippen LogP contribution is -2.42. The van der Waals surface area contributed by atoms with Crippen LogP contribution in [-0.2, 0) is 11.8 Å². The average Bonchev–Trinajstić information content (AvgIpc) is 2.38. The minimum Gasteiger partial charge on any atom is -0.329 e. The summed E-state index contributed by atoms with van der Waals surface area (Å²) in [6.07, 6.45) is 3.03. The molecule has 1 aromatic rings. The number of anilines is 1. The molecule has 0 saturated heterocycles. The van der Waals surface area contributed by atoms with Crippen LogP contribution >= 0.6 is 12.4 Å². The quantitative estimate of drug-likeness (QED) is 0.871. The number of carbonyl (C=O) groups excluding carboxylic acids is 1. The number of nitrogens with two attached hydrogens (primary N) is 1. The normalized spacial score (nSPS) is 10.8. The molecule has 20 heavy (non-hydrogen) atoms. The molecule has 6 heteroatoms. The van der Waals surface area contributed by atoms with Gasteiger partial charge in [0.15, 0.2) is 0 Å². The summed E-state index contributed by atoms with van der Waals surface area (Å²) < 4.78 is 1.47. The highest BCUT2D eigenvalue weighted by atomic mass is 35.5. The van der Waals surface area contributed by atoms with Crippen molar-refractivity contribution in [2.75, 3.05) is 11.9 Å². The molecule has 0 saturated carbocycles. The Labute approximate surface area is 126 Å². The topological polar surface area (TPSA) is 77.1 Å². The van der Waals surface area contributed by atoms with E-state index in [0.717, 1.165) is 5.56 Å². The van der Waals surface area contributed by atoms with E-state index in [1.807, 2.05) is 20.8 Å². The number of pyridine rings is 1. The first-order chi connectivity index (χ1) is 8.90. The summed E-state index contributed by atoms with van der Waals surface area (Å²) in [5, 5.41) is 2.73. The van der Waals surface area contributed by atoms with Gasteiger partial charge in [-0.3, -0.25) is 9.59 Å². The Balaban J connectivity index is 0.00000361. The van der Waals surface area contributed by atoms with Crippen LogP contribution in [0.5, 0.6) is 0 Å². The molecule has 0 aliphatic rings. The molecule has 3 N–H and O–H groups in total. The van der Waals surface area contributed by atoms with Crippen LogP contribution in [0.4, 0.5) is 5.69 Å². The molecule has 1 heterocycles.